The lowest BCUT2D eigenvalue weighted by Gasteiger charge is -2.05. The molecule has 19 heavy (non-hydrogen) atoms. The fourth-order valence-corrected chi connectivity index (χ4v) is 1.19. The third-order valence-electron chi connectivity index (χ3n) is 1.89. The number of hydrogen-bond acceptors (Lipinski definition) is 3. The van der Waals surface area contributed by atoms with E-state index >= 15 is 0 Å². The average Bonchev–Trinajstić information content (AvgIpc) is 2.54. The Morgan fingerprint density at radius 1 is 1.11 bits per heavy atom. The second kappa shape index (κ2) is 22.1. The number of nitrogens with one attached hydrogen (secondary N) is 1. The van der Waals surface area contributed by atoms with Crippen molar-refractivity contribution >= 4 is 0 Å². The normalized spacial score (nSPS) is 7.79. The van der Waals surface area contributed by atoms with Gasteiger partial charge in [0.2, 0.25) is 0 Å². The predicted molar refractivity (Wildman–Crippen MR) is 85.8 cm³/mol. The Morgan fingerprint density at radius 2 is 1.68 bits per heavy atom. The zero-order chi connectivity index (χ0) is 15.5. The van der Waals surface area contributed by atoms with E-state index in [4.69, 9.17) is 9.84 Å². The van der Waals surface area contributed by atoms with Crippen LogP contribution in [0.1, 0.15) is 46.6 Å². The largest absolute Gasteiger partial charge is 0.497 e. The molecule has 0 heterocycles. The first-order valence-electron chi connectivity index (χ1n) is 7.15. The first-order valence-corrected chi connectivity index (χ1v) is 7.15. The van der Waals surface area contributed by atoms with Gasteiger partial charge >= 0.3 is 0 Å². The summed E-state index contributed by atoms with van der Waals surface area (Å²) >= 11 is 0. The molecule has 0 aliphatic heterocycles. The lowest BCUT2D eigenvalue weighted by Crippen LogP contribution is -2.13. The Balaban J connectivity index is -0.000000375. The van der Waals surface area contributed by atoms with Gasteiger partial charge in [-0.25, -0.2) is 0 Å². The molecule has 114 valence electrons. The summed E-state index contributed by atoms with van der Waals surface area (Å²) < 4.78 is 5.13. The van der Waals surface area contributed by atoms with Crippen molar-refractivity contribution < 1.29 is 9.84 Å². The third-order valence-corrected chi connectivity index (χ3v) is 1.89. The fourth-order valence-electron chi connectivity index (χ4n) is 1.19. The highest BCUT2D eigenvalue weighted by Gasteiger charge is 1.94. The van der Waals surface area contributed by atoms with Crippen molar-refractivity contribution in [3.63, 3.8) is 0 Å². The molecule has 0 saturated carbocycles. The van der Waals surface area contributed by atoms with E-state index in [0.29, 0.717) is 0 Å². The lowest BCUT2D eigenvalue weighted by molar-refractivity contribution is 0.399. The summed E-state index contributed by atoms with van der Waals surface area (Å²) in [5.74, 6) is 0.927. The second-order valence-electron chi connectivity index (χ2n) is 3.03. The number of methoxy groups -OCH3 is 1. The van der Waals surface area contributed by atoms with Crippen LogP contribution in [0.3, 0.4) is 0 Å². The monoisotopic (exact) mass is 271 g/mol. The van der Waals surface area contributed by atoms with E-state index < -0.39 is 0 Å². The van der Waals surface area contributed by atoms with Crippen molar-refractivity contribution in [2.75, 3.05) is 20.8 Å². The minimum atomic E-state index is 0.922. The summed E-state index contributed by atoms with van der Waals surface area (Å²) in [6.07, 6.45) is 1.17. The Labute approximate surface area is 120 Å². The predicted octanol–water partition coefficient (Wildman–Crippen LogP) is 3.86. The van der Waals surface area contributed by atoms with E-state index in [0.717, 1.165) is 25.9 Å². The summed E-state index contributed by atoms with van der Waals surface area (Å²) in [6, 6.07) is 8.14. The van der Waals surface area contributed by atoms with Crippen molar-refractivity contribution in [3.8, 4) is 5.75 Å². The van der Waals surface area contributed by atoms with Gasteiger partial charge in [-0.05, 0) is 30.7 Å². The molecule has 0 atom stereocenters. The van der Waals surface area contributed by atoms with Gasteiger partial charge in [-0.1, -0.05) is 46.8 Å². The molecule has 3 nitrogen and oxygen atoms in total. The number of hydrogen-bond donors (Lipinski definition) is 2. The van der Waals surface area contributed by atoms with Crippen molar-refractivity contribution in [2.45, 2.75) is 47.6 Å². The molecular formula is C16H33NO2. The first kappa shape index (κ1) is 23.1. The molecule has 0 fully saturated rings. The molecule has 1 aromatic rings. The molecule has 0 aromatic heterocycles. The van der Waals surface area contributed by atoms with Crippen LogP contribution >= 0.6 is 0 Å². The van der Waals surface area contributed by atoms with E-state index in [1.54, 1.807) is 7.11 Å². The van der Waals surface area contributed by atoms with Crippen LogP contribution in [-0.4, -0.2) is 25.9 Å². The smallest absolute Gasteiger partial charge is 0.119 e. The van der Waals surface area contributed by atoms with Crippen LogP contribution in [0.4, 0.5) is 0 Å². The molecule has 0 unspecified atom stereocenters. The number of aliphatic hydroxyl groups excluding tert-OH is 1. The molecular weight excluding hydrogens is 238 g/mol. The fraction of sp³-hybridized carbons (Fsp3) is 0.625. The molecule has 0 aliphatic carbocycles. The highest BCUT2D eigenvalue weighted by molar-refractivity contribution is 5.28. The van der Waals surface area contributed by atoms with Gasteiger partial charge < -0.3 is 15.2 Å². The van der Waals surface area contributed by atoms with Crippen LogP contribution in [0, 0.1) is 0 Å². The van der Waals surface area contributed by atoms with Gasteiger partial charge in [-0.3, -0.25) is 0 Å². The zero-order valence-corrected chi connectivity index (χ0v) is 13.8. The molecule has 3 heteroatoms. The Morgan fingerprint density at radius 3 is 2.16 bits per heavy atom. The lowest BCUT2D eigenvalue weighted by atomic mass is 10.2. The Hall–Kier alpha value is -1.06. The second-order valence-corrected chi connectivity index (χ2v) is 3.03. The molecule has 2 N–H and O–H groups in total. The minimum Gasteiger partial charge on any atom is -0.497 e. The molecule has 0 spiro atoms. The van der Waals surface area contributed by atoms with Crippen LogP contribution in [-0.2, 0) is 6.54 Å². The van der Waals surface area contributed by atoms with Crippen molar-refractivity contribution in [2.24, 2.45) is 0 Å². The van der Waals surface area contributed by atoms with Gasteiger partial charge in [0.05, 0.1) is 7.11 Å². The molecule has 0 saturated heterocycles. The minimum absolute atomic E-state index is 0.922. The number of aliphatic hydroxyl groups is 1. The van der Waals surface area contributed by atoms with Gasteiger partial charge in [0, 0.05) is 13.7 Å². The van der Waals surface area contributed by atoms with E-state index in [-0.39, 0.29) is 0 Å². The highest BCUT2D eigenvalue weighted by atomic mass is 16.5. The summed E-state index contributed by atoms with van der Waals surface area (Å²) in [5.41, 5.74) is 1.27. The van der Waals surface area contributed by atoms with E-state index in [1.807, 2.05) is 39.8 Å². The quantitative estimate of drug-likeness (QED) is 0.799. The van der Waals surface area contributed by atoms with Crippen LogP contribution < -0.4 is 10.1 Å². The standard InChI is InChI=1S/C11H17NO.2C2H6.CH4O/c1-3-7-12-9-10-5-4-6-11(8-10)13-2;3*1-2/h4-6,8,12H,3,7,9H2,1-2H3;2*1-2H3;2H,1H3. The van der Waals surface area contributed by atoms with Gasteiger partial charge in [0.15, 0.2) is 0 Å². The molecule has 0 radical (unpaired) electrons. The summed E-state index contributed by atoms with van der Waals surface area (Å²) in [4.78, 5) is 0. The molecule has 0 bridgehead atoms. The Bertz CT molecular complexity index is 252. The van der Waals surface area contributed by atoms with E-state index in [1.165, 1.54) is 12.0 Å². The van der Waals surface area contributed by atoms with Crippen molar-refractivity contribution in [3.05, 3.63) is 29.8 Å². The molecule has 0 aliphatic rings. The van der Waals surface area contributed by atoms with Gasteiger partial charge in [0.25, 0.3) is 0 Å². The van der Waals surface area contributed by atoms with Crippen molar-refractivity contribution in [1.29, 1.82) is 0 Å². The maximum absolute atomic E-state index is 7.00. The zero-order valence-electron chi connectivity index (χ0n) is 13.8. The van der Waals surface area contributed by atoms with Crippen LogP contribution in [0.5, 0.6) is 5.75 Å². The van der Waals surface area contributed by atoms with Crippen LogP contribution in [0.25, 0.3) is 0 Å². The van der Waals surface area contributed by atoms with E-state index in [9.17, 15) is 0 Å². The molecule has 1 aromatic carbocycles. The van der Waals surface area contributed by atoms with Crippen LogP contribution in [0.2, 0.25) is 0 Å². The van der Waals surface area contributed by atoms with Gasteiger partial charge in [-0.15, -0.1) is 0 Å². The molecule has 1 rings (SSSR count). The SMILES string of the molecule is CC.CC.CCCNCc1cccc(OC)c1.CO. The summed E-state index contributed by atoms with van der Waals surface area (Å²) in [5, 5.41) is 10.3. The third kappa shape index (κ3) is 14.9. The average molecular weight is 271 g/mol. The number of ether oxygens (including phenoxy) is 1. The van der Waals surface area contributed by atoms with Gasteiger partial charge in [0.1, 0.15) is 5.75 Å². The number of benzene rings is 1. The van der Waals surface area contributed by atoms with Gasteiger partial charge in [-0.2, -0.15) is 0 Å². The maximum atomic E-state index is 7.00. The molecule has 0 amide bonds. The summed E-state index contributed by atoms with van der Waals surface area (Å²) in [6.45, 7) is 12.2. The first-order chi connectivity index (χ1) is 9.36. The van der Waals surface area contributed by atoms with E-state index in [2.05, 4.69) is 24.4 Å². The maximum Gasteiger partial charge on any atom is 0.119 e. The van der Waals surface area contributed by atoms with Crippen LogP contribution in [0.15, 0.2) is 24.3 Å². The Kier molecular flexibility index (Phi) is 26.9. The highest BCUT2D eigenvalue weighted by Crippen LogP contribution is 2.11. The summed E-state index contributed by atoms with van der Waals surface area (Å²) in [7, 11) is 2.69. The number of rotatable bonds is 5. The van der Waals surface area contributed by atoms with Crippen molar-refractivity contribution in [1.82, 2.24) is 5.32 Å². The topological polar surface area (TPSA) is 41.5 Å².